The maximum atomic E-state index is 12.3. The fourth-order valence-corrected chi connectivity index (χ4v) is 2.20. The van der Waals surface area contributed by atoms with Gasteiger partial charge in [-0.1, -0.05) is 43.3 Å². The Morgan fingerprint density at radius 3 is 2.48 bits per heavy atom. The van der Waals surface area contributed by atoms with Crippen LogP contribution >= 0.6 is 0 Å². The van der Waals surface area contributed by atoms with Gasteiger partial charge in [-0.3, -0.25) is 0 Å². The molecule has 0 fully saturated rings. The van der Waals surface area contributed by atoms with Crippen molar-refractivity contribution in [2.75, 3.05) is 6.61 Å². The molecule has 0 bridgehead atoms. The third kappa shape index (κ3) is 5.77. The topological polar surface area (TPSA) is 64.6 Å². The van der Waals surface area contributed by atoms with Crippen molar-refractivity contribution in [1.82, 2.24) is 5.32 Å². The van der Waals surface area contributed by atoms with E-state index in [0.717, 1.165) is 5.56 Å². The van der Waals surface area contributed by atoms with Gasteiger partial charge in [-0.05, 0) is 31.7 Å². The van der Waals surface area contributed by atoms with Crippen LogP contribution in [-0.4, -0.2) is 24.2 Å². The lowest BCUT2D eigenvalue weighted by molar-refractivity contribution is -0.151. The molecule has 0 saturated carbocycles. The Morgan fingerprint density at radius 1 is 1.22 bits per heavy atom. The van der Waals surface area contributed by atoms with Crippen molar-refractivity contribution in [2.24, 2.45) is 0 Å². The van der Waals surface area contributed by atoms with Crippen LogP contribution in [0, 0.1) is 0 Å². The Bertz CT molecular complexity index is 515. The van der Waals surface area contributed by atoms with Gasteiger partial charge < -0.3 is 14.8 Å². The SMILES string of the molecule is C=CCCC(CC)(NC(=O)OCc1ccccc1)C(=O)OCC. The van der Waals surface area contributed by atoms with E-state index in [2.05, 4.69) is 11.9 Å². The van der Waals surface area contributed by atoms with Crippen molar-refractivity contribution in [3.8, 4) is 0 Å². The van der Waals surface area contributed by atoms with Crippen molar-refractivity contribution in [3.63, 3.8) is 0 Å². The third-order valence-corrected chi connectivity index (χ3v) is 3.60. The number of hydrogen-bond acceptors (Lipinski definition) is 4. The normalized spacial score (nSPS) is 12.8. The quantitative estimate of drug-likeness (QED) is 0.558. The summed E-state index contributed by atoms with van der Waals surface area (Å²) in [7, 11) is 0. The maximum absolute atomic E-state index is 12.3. The number of allylic oxidation sites excluding steroid dienone is 1. The molecule has 0 radical (unpaired) electrons. The molecule has 0 saturated heterocycles. The monoisotopic (exact) mass is 319 g/mol. The van der Waals surface area contributed by atoms with Crippen LogP contribution in [0.2, 0.25) is 0 Å². The van der Waals surface area contributed by atoms with Gasteiger partial charge in [0.05, 0.1) is 6.61 Å². The minimum Gasteiger partial charge on any atom is -0.464 e. The summed E-state index contributed by atoms with van der Waals surface area (Å²) in [5.41, 5.74) is -0.204. The Hall–Kier alpha value is -2.30. The molecule has 1 amide bonds. The van der Waals surface area contributed by atoms with E-state index >= 15 is 0 Å². The lowest BCUT2D eigenvalue weighted by Gasteiger charge is -2.30. The van der Waals surface area contributed by atoms with Gasteiger partial charge >= 0.3 is 12.1 Å². The summed E-state index contributed by atoms with van der Waals surface area (Å²) in [6, 6.07) is 9.36. The highest BCUT2D eigenvalue weighted by Crippen LogP contribution is 2.20. The zero-order valence-electron chi connectivity index (χ0n) is 13.8. The molecule has 1 atom stereocenters. The van der Waals surface area contributed by atoms with Gasteiger partial charge in [0, 0.05) is 0 Å². The fraction of sp³-hybridized carbons (Fsp3) is 0.444. The Kier molecular flexibility index (Phi) is 7.88. The van der Waals surface area contributed by atoms with Crippen LogP contribution in [0.15, 0.2) is 43.0 Å². The molecule has 0 aliphatic heterocycles. The van der Waals surface area contributed by atoms with Crippen molar-refractivity contribution < 1.29 is 19.1 Å². The molecule has 1 rings (SSSR count). The average Bonchev–Trinajstić information content (AvgIpc) is 2.58. The summed E-state index contributed by atoms with van der Waals surface area (Å²) in [6.45, 7) is 7.64. The highest BCUT2D eigenvalue weighted by atomic mass is 16.6. The zero-order valence-corrected chi connectivity index (χ0v) is 13.8. The van der Waals surface area contributed by atoms with Gasteiger partial charge in [-0.2, -0.15) is 0 Å². The van der Waals surface area contributed by atoms with E-state index in [1.807, 2.05) is 37.3 Å². The lowest BCUT2D eigenvalue weighted by atomic mass is 9.90. The van der Waals surface area contributed by atoms with Crippen LogP contribution in [0.1, 0.15) is 38.7 Å². The molecule has 0 aromatic heterocycles. The van der Waals surface area contributed by atoms with Crippen molar-refractivity contribution >= 4 is 12.1 Å². The van der Waals surface area contributed by atoms with E-state index < -0.39 is 17.6 Å². The number of alkyl carbamates (subject to hydrolysis) is 1. The number of carbonyl (C=O) groups is 2. The first-order chi connectivity index (χ1) is 11.1. The molecular weight excluding hydrogens is 294 g/mol. The fourth-order valence-electron chi connectivity index (χ4n) is 2.20. The number of rotatable bonds is 9. The first-order valence-electron chi connectivity index (χ1n) is 7.85. The second kappa shape index (κ2) is 9.66. The summed E-state index contributed by atoms with van der Waals surface area (Å²) in [6.07, 6.45) is 2.51. The Morgan fingerprint density at radius 2 is 1.91 bits per heavy atom. The second-order valence-corrected chi connectivity index (χ2v) is 5.17. The van der Waals surface area contributed by atoms with Gasteiger partial charge in [0.15, 0.2) is 0 Å². The molecule has 0 aliphatic rings. The number of ether oxygens (including phenoxy) is 2. The highest BCUT2D eigenvalue weighted by molar-refractivity contribution is 5.85. The molecule has 0 spiro atoms. The number of esters is 1. The van der Waals surface area contributed by atoms with E-state index in [9.17, 15) is 9.59 Å². The van der Waals surface area contributed by atoms with Gasteiger partial charge in [-0.15, -0.1) is 6.58 Å². The van der Waals surface area contributed by atoms with Crippen LogP contribution in [0.3, 0.4) is 0 Å². The first kappa shape index (κ1) is 18.7. The molecule has 1 aromatic rings. The van der Waals surface area contributed by atoms with Crippen molar-refractivity contribution in [2.45, 2.75) is 45.3 Å². The molecule has 1 N–H and O–H groups in total. The van der Waals surface area contributed by atoms with E-state index in [0.29, 0.717) is 19.3 Å². The van der Waals surface area contributed by atoms with Crippen molar-refractivity contribution in [1.29, 1.82) is 0 Å². The predicted molar refractivity (Wildman–Crippen MR) is 88.8 cm³/mol. The number of nitrogens with one attached hydrogen (secondary N) is 1. The van der Waals surface area contributed by atoms with Crippen molar-refractivity contribution in [3.05, 3.63) is 48.6 Å². The first-order valence-corrected chi connectivity index (χ1v) is 7.85. The summed E-state index contributed by atoms with van der Waals surface area (Å²) >= 11 is 0. The van der Waals surface area contributed by atoms with Crippen LogP contribution < -0.4 is 5.32 Å². The van der Waals surface area contributed by atoms with E-state index in [1.54, 1.807) is 13.0 Å². The molecular formula is C18H25NO4. The van der Waals surface area contributed by atoms with Crippen LogP contribution in [0.4, 0.5) is 4.79 Å². The standard InChI is InChI=1S/C18H25NO4/c1-4-7-13-18(5-2,16(20)22-6-3)19-17(21)23-14-15-11-9-8-10-12-15/h4,8-12H,1,5-7,13-14H2,2-3H3,(H,19,21). The lowest BCUT2D eigenvalue weighted by Crippen LogP contribution is -2.55. The molecule has 0 heterocycles. The molecule has 0 aliphatic carbocycles. The molecule has 5 nitrogen and oxygen atoms in total. The summed E-state index contributed by atoms with van der Waals surface area (Å²) in [5.74, 6) is -0.444. The Balaban J connectivity index is 2.72. The van der Waals surface area contributed by atoms with Crippen LogP contribution in [0.5, 0.6) is 0 Å². The average molecular weight is 319 g/mol. The molecule has 1 aromatic carbocycles. The van der Waals surface area contributed by atoms with Gasteiger partial charge in [0.2, 0.25) is 0 Å². The maximum Gasteiger partial charge on any atom is 0.408 e. The van der Waals surface area contributed by atoms with Crippen LogP contribution in [0.25, 0.3) is 0 Å². The van der Waals surface area contributed by atoms with Gasteiger partial charge in [-0.25, -0.2) is 9.59 Å². The number of benzene rings is 1. The minimum atomic E-state index is -1.09. The number of carbonyl (C=O) groups excluding carboxylic acids is 2. The third-order valence-electron chi connectivity index (χ3n) is 3.60. The molecule has 23 heavy (non-hydrogen) atoms. The Labute approximate surface area is 137 Å². The number of hydrogen-bond donors (Lipinski definition) is 1. The summed E-state index contributed by atoms with van der Waals surface area (Å²) in [5, 5.41) is 2.69. The molecule has 5 heteroatoms. The molecule has 126 valence electrons. The summed E-state index contributed by atoms with van der Waals surface area (Å²) in [4.78, 5) is 24.4. The second-order valence-electron chi connectivity index (χ2n) is 5.17. The molecule has 1 unspecified atom stereocenters. The van der Waals surface area contributed by atoms with E-state index in [1.165, 1.54) is 0 Å². The van der Waals surface area contributed by atoms with E-state index in [-0.39, 0.29) is 13.2 Å². The minimum absolute atomic E-state index is 0.150. The predicted octanol–water partition coefficient (Wildman–Crippen LogP) is 3.59. The highest BCUT2D eigenvalue weighted by Gasteiger charge is 2.39. The van der Waals surface area contributed by atoms with E-state index in [4.69, 9.17) is 9.47 Å². The smallest absolute Gasteiger partial charge is 0.408 e. The zero-order chi connectivity index (χ0) is 17.1. The largest absolute Gasteiger partial charge is 0.464 e. The van der Waals surface area contributed by atoms with Gasteiger partial charge in [0.25, 0.3) is 0 Å². The number of amides is 1. The summed E-state index contributed by atoms with van der Waals surface area (Å²) < 4.78 is 10.3. The van der Waals surface area contributed by atoms with Gasteiger partial charge in [0.1, 0.15) is 12.1 Å². The van der Waals surface area contributed by atoms with Crippen LogP contribution in [-0.2, 0) is 20.9 Å².